The molecule has 2 rings (SSSR count). The van der Waals surface area contributed by atoms with E-state index in [1.54, 1.807) is 0 Å². The van der Waals surface area contributed by atoms with Crippen LogP contribution in [0.3, 0.4) is 0 Å². The second kappa shape index (κ2) is 6.14. The Morgan fingerprint density at radius 3 is 2.59 bits per heavy atom. The second-order valence-electron chi connectivity index (χ2n) is 5.73. The molecule has 0 aromatic heterocycles. The van der Waals surface area contributed by atoms with Crippen LogP contribution in [-0.2, 0) is 4.74 Å². The summed E-state index contributed by atoms with van der Waals surface area (Å²) in [5.74, 6) is 6.46. The number of nitrogens with one attached hydrogen (secondary N) is 1. The summed E-state index contributed by atoms with van der Waals surface area (Å²) >= 11 is 0. The van der Waals surface area contributed by atoms with Gasteiger partial charge in [-0.1, -0.05) is 12.8 Å². The van der Waals surface area contributed by atoms with Crippen LogP contribution in [0.1, 0.15) is 39.5 Å². The largest absolute Gasteiger partial charge is 0.374 e. The van der Waals surface area contributed by atoms with Crippen LogP contribution in [0.5, 0.6) is 0 Å². The lowest BCUT2D eigenvalue weighted by Gasteiger charge is -2.40. The summed E-state index contributed by atoms with van der Waals surface area (Å²) in [5, 5.41) is 0. The van der Waals surface area contributed by atoms with E-state index in [-0.39, 0.29) is 6.10 Å². The van der Waals surface area contributed by atoms with Gasteiger partial charge in [0.15, 0.2) is 0 Å². The van der Waals surface area contributed by atoms with Gasteiger partial charge in [0.1, 0.15) is 0 Å². The molecule has 0 spiro atoms. The Morgan fingerprint density at radius 2 is 2.00 bits per heavy atom. The molecule has 0 amide bonds. The van der Waals surface area contributed by atoms with Gasteiger partial charge in [-0.2, -0.15) is 0 Å². The van der Waals surface area contributed by atoms with Crippen molar-refractivity contribution < 1.29 is 4.74 Å². The number of hydrazine groups is 1. The zero-order valence-electron chi connectivity index (χ0n) is 11.2. The van der Waals surface area contributed by atoms with Gasteiger partial charge in [0, 0.05) is 19.1 Å². The molecule has 1 saturated heterocycles. The predicted molar refractivity (Wildman–Crippen MR) is 69.5 cm³/mol. The Kier molecular flexibility index (Phi) is 4.79. The molecule has 0 aromatic rings. The van der Waals surface area contributed by atoms with Crippen molar-refractivity contribution in [2.45, 2.75) is 57.7 Å². The SMILES string of the molecule is CC(C)N1CCOC(C(NN)C2CCCC2)C1. The van der Waals surface area contributed by atoms with Crippen LogP contribution >= 0.6 is 0 Å². The summed E-state index contributed by atoms with van der Waals surface area (Å²) in [5.41, 5.74) is 3.02. The van der Waals surface area contributed by atoms with Gasteiger partial charge in [0.2, 0.25) is 0 Å². The lowest BCUT2D eigenvalue weighted by atomic mass is 9.93. The molecule has 1 heterocycles. The van der Waals surface area contributed by atoms with Crippen LogP contribution in [0.2, 0.25) is 0 Å². The molecule has 2 unspecified atom stereocenters. The van der Waals surface area contributed by atoms with Crippen molar-refractivity contribution in [1.29, 1.82) is 0 Å². The van der Waals surface area contributed by atoms with Crippen molar-refractivity contribution in [2.24, 2.45) is 11.8 Å². The first-order valence-corrected chi connectivity index (χ1v) is 7.04. The van der Waals surface area contributed by atoms with Crippen molar-refractivity contribution in [3.63, 3.8) is 0 Å². The molecule has 2 fully saturated rings. The summed E-state index contributed by atoms with van der Waals surface area (Å²) in [6, 6.07) is 0.933. The zero-order chi connectivity index (χ0) is 12.3. The minimum absolute atomic E-state index is 0.263. The molecule has 1 saturated carbocycles. The maximum atomic E-state index is 5.94. The van der Waals surface area contributed by atoms with Crippen LogP contribution in [0.15, 0.2) is 0 Å². The third kappa shape index (κ3) is 3.19. The average Bonchev–Trinajstić information content (AvgIpc) is 2.84. The fourth-order valence-electron chi connectivity index (χ4n) is 3.25. The lowest BCUT2D eigenvalue weighted by molar-refractivity contribution is -0.0644. The van der Waals surface area contributed by atoms with E-state index in [1.165, 1.54) is 25.7 Å². The number of ether oxygens (including phenoxy) is 1. The molecule has 0 radical (unpaired) electrons. The van der Waals surface area contributed by atoms with E-state index in [1.807, 2.05) is 0 Å². The molecule has 2 atom stereocenters. The Hall–Kier alpha value is -0.160. The van der Waals surface area contributed by atoms with Crippen molar-refractivity contribution in [3.05, 3.63) is 0 Å². The third-order valence-electron chi connectivity index (χ3n) is 4.36. The summed E-state index contributed by atoms with van der Waals surface area (Å²) in [6.07, 6.45) is 5.57. The summed E-state index contributed by atoms with van der Waals surface area (Å²) in [6.45, 7) is 7.42. The van der Waals surface area contributed by atoms with Crippen LogP contribution < -0.4 is 11.3 Å². The average molecular weight is 241 g/mol. The molecule has 4 heteroatoms. The van der Waals surface area contributed by atoms with Gasteiger partial charge in [-0.25, -0.2) is 0 Å². The first-order chi connectivity index (χ1) is 8.22. The summed E-state index contributed by atoms with van der Waals surface area (Å²) < 4.78 is 5.94. The monoisotopic (exact) mass is 241 g/mol. The lowest BCUT2D eigenvalue weighted by Crippen LogP contribution is -2.57. The standard InChI is InChI=1S/C13H27N3O/c1-10(2)16-7-8-17-12(9-16)13(15-14)11-5-3-4-6-11/h10-13,15H,3-9,14H2,1-2H3. The number of nitrogens with two attached hydrogens (primary N) is 1. The molecule has 4 nitrogen and oxygen atoms in total. The summed E-state index contributed by atoms with van der Waals surface area (Å²) in [4.78, 5) is 2.49. The Balaban J connectivity index is 1.93. The molecule has 0 bridgehead atoms. The highest BCUT2D eigenvalue weighted by atomic mass is 16.5. The number of hydrogen-bond donors (Lipinski definition) is 2. The van der Waals surface area contributed by atoms with E-state index in [0.717, 1.165) is 19.7 Å². The van der Waals surface area contributed by atoms with E-state index in [4.69, 9.17) is 10.6 Å². The molecule has 1 aliphatic carbocycles. The smallest absolute Gasteiger partial charge is 0.0871 e. The van der Waals surface area contributed by atoms with Gasteiger partial charge in [-0.15, -0.1) is 0 Å². The molecule has 0 aromatic carbocycles. The highest BCUT2D eigenvalue weighted by Gasteiger charge is 2.34. The van der Waals surface area contributed by atoms with Crippen LogP contribution in [0.4, 0.5) is 0 Å². The molecular weight excluding hydrogens is 214 g/mol. The molecule has 17 heavy (non-hydrogen) atoms. The number of rotatable bonds is 4. The minimum atomic E-state index is 0.263. The normalized spacial score (nSPS) is 30.0. The molecule has 1 aliphatic heterocycles. The van der Waals surface area contributed by atoms with E-state index in [9.17, 15) is 0 Å². The first-order valence-electron chi connectivity index (χ1n) is 7.04. The topological polar surface area (TPSA) is 50.5 Å². The van der Waals surface area contributed by atoms with Crippen molar-refractivity contribution >= 4 is 0 Å². The van der Waals surface area contributed by atoms with Crippen LogP contribution in [0.25, 0.3) is 0 Å². The van der Waals surface area contributed by atoms with Gasteiger partial charge < -0.3 is 4.74 Å². The van der Waals surface area contributed by atoms with Gasteiger partial charge in [-0.05, 0) is 32.6 Å². The third-order valence-corrected chi connectivity index (χ3v) is 4.36. The van der Waals surface area contributed by atoms with Gasteiger partial charge in [0.25, 0.3) is 0 Å². The van der Waals surface area contributed by atoms with Crippen molar-refractivity contribution in [3.8, 4) is 0 Å². The maximum Gasteiger partial charge on any atom is 0.0871 e. The van der Waals surface area contributed by atoms with Crippen LogP contribution in [0, 0.1) is 5.92 Å². The van der Waals surface area contributed by atoms with Gasteiger partial charge in [-0.3, -0.25) is 16.2 Å². The first kappa shape index (κ1) is 13.3. The highest BCUT2D eigenvalue weighted by Crippen LogP contribution is 2.30. The fourth-order valence-corrected chi connectivity index (χ4v) is 3.25. The Labute approximate surface area is 105 Å². The minimum Gasteiger partial charge on any atom is -0.374 e. The van der Waals surface area contributed by atoms with E-state index in [2.05, 4.69) is 24.2 Å². The highest BCUT2D eigenvalue weighted by molar-refractivity contribution is 4.89. The summed E-state index contributed by atoms with van der Waals surface area (Å²) in [7, 11) is 0. The Bertz CT molecular complexity index is 229. The number of nitrogens with zero attached hydrogens (tertiary/aromatic N) is 1. The van der Waals surface area contributed by atoms with Crippen molar-refractivity contribution in [1.82, 2.24) is 10.3 Å². The van der Waals surface area contributed by atoms with Crippen LogP contribution in [-0.4, -0.2) is 42.8 Å². The van der Waals surface area contributed by atoms with Crippen molar-refractivity contribution in [2.75, 3.05) is 19.7 Å². The van der Waals surface area contributed by atoms with E-state index < -0.39 is 0 Å². The molecule has 2 aliphatic rings. The van der Waals surface area contributed by atoms with E-state index >= 15 is 0 Å². The molecule has 3 N–H and O–H groups in total. The van der Waals surface area contributed by atoms with E-state index in [0.29, 0.717) is 18.0 Å². The quantitative estimate of drug-likeness (QED) is 0.572. The molecular formula is C13H27N3O. The van der Waals surface area contributed by atoms with Gasteiger partial charge in [0.05, 0.1) is 18.8 Å². The number of morpholine rings is 1. The maximum absolute atomic E-state index is 5.94. The predicted octanol–water partition coefficient (Wildman–Crippen LogP) is 1.12. The fraction of sp³-hybridized carbons (Fsp3) is 1.00. The van der Waals surface area contributed by atoms with Gasteiger partial charge >= 0.3 is 0 Å². The number of hydrogen-bond acceptors (Lipinski definition) is 4. The zero-order valence-corrected chi connectivity index (χ0v) is 11.2. The second-order valence-corrected chi connectivity index (χ2v) is 5.73. The molecule has 100 valence electrons. The Morgan fingerprint density at radius 1 is 1.29 bits per heavy atom.